The SMILES string of the molecule is CN(C)CC(=O)N1CCC[C@H]1c1ccnc(N)n1. The monoisotopic (exact) mass is 249 g/mol. The summed E-state index contributed by atoms with van der Waals surface area (Å²) in [6, 6.07) is 1.88. The molecule has 1 saturated heterocycles. The van der Waals surface area contributed by atoms with Crippen LogP contribution in [0.25, 0.3) is 0 Å². The molecule has 1 aliphatic rings. The molecule has 2 N–H and O–H groups in total. The maximum Gasteiger partial charge on any atom is 0.237 e. The van der Waals surface area contributed by atoms with Crippen molar-refractivity contribution in [1.82, 2.24) is 19.8 Å². The van der Waals surface area contributed by atoms with Gasteiger partial charge in [-0.1, -0.05) is 0 Å². The zero-order valence-corrected chi connectivity index (χ0v) is 10.8. The van der Waals surface area contributed by atoms with E-state index in [2.05, 4.69) is 9.97 Å². The van der Waals surface area contributed by atoms with Gasteiger partial charge in [0.15, 0.2) is 0 Å². The van der Waals surface area contributed by atoms with E-state index < -0.39 is 0 Å². The predicted octanol–water partition coefficient (Wildman–Crippen LogP) is 0.284. The number of hydrogen-bond acceptors (Lipinski definition) is 5. The molecule has 2 heterocycles. The molecule has 0 spiro atoms. The van der Waals surface area contributed by atoms with Crippen LogP contribution in [0.4, 0.5) is 5.95 Å². The molecule has 18 heavy (non-hydrogen) atoms. The van der Waals surface area contributed by atoms with Gasteiger partial charge in [0, 0.05) is 12.7 Å². The molecular formula is C12H19N5O. The molecule has 1 aromatic heterocycles. The third kappa shape index (κ3) is 2.76. The standard InChI is InChI=1S/C12H19N5O/c1-16(2)8-11(18)17-7-3-4-10(17)9-5-6-14-12(13)15-9/h5-6,10H,3-4,7-8H2,1-2H3,(H2,13,14,15)/t10-/m0/s1. The smallest absolute Gasteiger partial charge is 0.237 e. The van der Waals surface area contributed by atoms with E-state index in [9.17, 15) is 4.79 Å². The van der Waals surface area contributed by atoms with Crippen molar-refractivity contribution in [3.8, 4) is 0 Å². The van der Waals surface area contributed by atoms with E-state index in [0.29, 0.717) is 6.54 Å². The van der Waals surface area contributed by atoms with E-state index >= 15 is 0 Å². The van der Waals surface area contributed by atoms with Gasteiger partial charge in [0.25, 0.3) is 0 Å². The van der Waals surface area contributed by atoms with Crippen LogP contribution in [0.2, 0.25) is 0 Å². The third-order valence-corrected chi connectivity index (χ3v) is 3.06. The third-order valence-electron chi connectivity index (χ3n) is 3.06. The molecular weight excluding hydrogens is 230 g/mol. The summed E-state index contributed by atoms with van der Waals surface area (Å²) in [6.07, 6.45) is 3.59. The number of likely N-dealkylation sites (tertiary alicyclic amines) is 1. The normalized spacial score (nSPS) is 19.5. The maximum atomic E-state index is 12.1. The van der Waals surface area contributed by atoms with E-state index in [-0.39, 0.29) is 17.9 Å². The quantitative estimate of drug-likeness (QED) is 0.833. The minimum atomic E-state index is 0.0442. The first-order valence-corrected chi connectivity index (χ1v) is 6.10. The molecule has 1 amide bonds. The van der Waals surface area contributed by atoms with Gasteiger partial charge in [0.05, 0.1) is 18.3 Å². The van der Waals surface area contributed by atoms with Crippen molar-refractivity contribution in [2.75, 3.05) is 32.9 Å². The van der Waals surface area contributed by atoms with Gasteiger partial charge in [0.2, 0.25) is 11.9 Å². The second kappa shape index (κ2) is 5.30. The summed E-state index contributed by atoms with van der Waals surface area (Å²) in [5.74, 6) is 0.402. The highest BCUT2D eigenvalue weighted by Gasteiger charge is 2.30. The second-order valence-electron chi connectivity index (χ2n) is 4.82. The molecule has 0 aliphatic carbocycles. The molecule has 1 atom stereocenters. The van der Waals surface area contributed by atoms with Gasteiger partial charge in [-0.3, -0.25) is 4.79 Å². The number of amides is 1. The maximum absolute atomic E-state index is 12.1. The Morgan fingerprint density at radius 2 is 2.39 bits per heavy atom. The van der Waals surface area contributed by atoms with Crippen molar-refractivity contribution in [2.45, 2.75) is 18.9 Å². The fourth-order valence-electron chi connectivity index (χ4n) is 2.31. The van der Waals surface area contributed by atoms with Crippen LogP contribution in [-0.4, -0.2) is 52.9 Å². The Balaban J connectivity index is 2.14. The lowest BCUT2D eigenvalue weighted by Gasteiger charge is -2.25. The molecule has 1 fully saturated rings. The van der Waals surface area contributed by atoms with Gasteiger partial charge in [0.1, 0.15) is 0 Å². The minimum Gasteiger partial charge on any atom is -0.368 e. The average molecular weight is 249 g/mol. The number of likely N-dealkylation sites (N-methyl/N-ethyl adjacent to an activating group) is 1. The summed E-state index contributed by atoms with van der Waals surface area (Å²) in [4.78, 5) is 24.0. The average Bonchev–Trinajstić information content (AvgIpc) is 2.76. The van der Waals surface area contributed by atoms with Crippen LogP contribution in [-0.2, 0) is 4.79 Å². The number of anilines is 1. The van der Waals surface area contributed by atoms with Gasteiger partial charge >= 0.3 is 0 Å². The molecule has 1 aromatic rings. The van der Waals surface area contributed by atoms with Crippen LogP contribution in [0.5, 0.6) is 0 Å². The van der Waals surface area contributed by atoms with Gasteiger partial charge in [-0.05, 0) is 33.0 Å². The minimum absolute atomic E-state index is 0.0442. The Morgan fingerprint density at radius 3 is 3.06 bits per heavy atom. The number of rotatable bonds is 3. The molecule has 0 unspecified atom stereocenters. The summed E-state index contributed by atoms with van der Waals surface area (Å²) < 4.78 is 0. The largest absolute Gasteiger partial charge is 0.368 e. The zero-order chi connectivity index (χ0) is 13.1. The van der Waals surface area contributed by atoms with Crippen molar-refractivity contribution in [1.29, 1.82) is 0 Å². The van der Waals surface area contributed by atoms with E-state index in [1.165, 1.54) is 0 Å². The van der Waals surface area contributed by atoms with Gasteiger partial charge in [-0.15, -0.1) is 0 Å². The number of hydrogen-bond donors (Lipinski definition) is 1. The van der Waals surface area contributed by atoms with Crippen molar-refractivity contribution < 1.29 is 4.79 Å². The van der Waals surface area contributed by atoms with Crippen LogP contribution >= 0.6 is 0 Å². The Morgan fingerprint density at radius 1 is 1.61 bits per heavy atom. The number of nitrogens with two attached hydrogens (primary N) is 1. The van der Waals surface area contributed by atoms with Crippen molar-refractivity contribution >= 4 is 11.9 Å². The zero-order valence-electron chi connectivity index (χ0n) is 10.8. The summed E-state index contributed by atoms with van der Waals surface area (Å²) >= 11 is 0. The van der Waals surface area contributed by atoms with Crippen LogP contribution in [0.1, 0.15) is 24.6 Å². The van der Waals surface area contributed by atoms with E-state index in [1.807, 2.05) is 30.0 Å². The van der Waals surface area contributed by atoms with Gasteiger partial charge in [-0.25, -0.2) is 9.97 Å². The Labute approximate surface area is 107 Å². The lowest BCUT2D eigenvalue weighted by molar-refractivity contribution is -0.132. The van der Waals surface area contributed by atoms with E-state index in [0.717, 1.165) is 25.1 Å². The number of carbonyl (C=O) groups is 1. The van der Waals surface area contributed by atoms with E-state index in [1.54, 1.807) is 6.20 Å². The van der Waals surface area contributed by atoms with Crippen LogP contribution in [0.15, 0.2) is 12.3 Å². The number of aromatic nitrogens is 2. The first kappa shape index (κ1) is 12.8. The fraction of sp³-hybridized carbons (Fsp3) is 0.583. The molecule has 98 valence electrons. The Kier molecular flexibility index (Phi) is 3.76. The lowest BCUT2D eigenvalue weighted by Crippen LogP contribution is -2.37. The first-order valence-electron chi connectivity index (χ1n) is 6.10. The van der Waals surface area contributed by atoms with E-state index in [4.69, 9.17) is 5.73 Å². The highest BCUT2D eigenvalue weighted by atomic mass is 16.2. The number of nitrogen functional groups attached to an aromatic ring is 1. The molecule has 0 saturated carbocycles. The topological polar surface area (TPSA) is 75.4 Å². The van der Waals surface area contributed by atoms with Crippen LogP contribution in [0, 0.1) is 0 Å². The summed E-state index contributed by atoms with van der Waals surface area (Å²) in [5, 5.41) is 0. The highest BCUT2D eigenvalue weighted by molar-refractivity contribution is 5.79. The Bertz CT molecular complexity index is 434. The Hall–Kier alpha value is -1.69. The van der Waals surface area contributed by atoms with Crippen LogP contribution < -0.4 is 5.73 Å². The van der Waals surface area contributed by atoms with Crippen molar-refractivity contribution in [3.63, 3.8) is 0 Å². The second-order valence-corrected chi connectivity index (χ2v) is 4.82. The summed E-state index contributed by atoms with van der Waals surface area (Å²) in [6.45, 7) is 1.22. The molecule has 6 nitrogen and oxygen atoms in total. The predicted molar refractivity (Wildman–Crippen MR) is 68.7 cm³/mol. The summed E-state index contributed by atoms with van der Waals surface area (Å²) in [5.41, 5.74) is 6.43. The van der Waals surface area contributed by atoms with Gasteiger partial charge in [-0.2, -0.15) is 0 Å². The molecule has 2 rings (SSSR count). The van der Waals surface area contributed by atoms with Crippen molar-refractivity contribution in [2.24, 2.45) is 0 Å². The lowest BCUT2D eigenvalue weighted by atomic mass is 10.1. The number of nitrogens with zero attached hydrogens (tertiary/aromatic N) is 4. The van der Waals surface area contributed by atoms with Gasteiger partial charge < -0.3 is 15.5 Å². The van der Waals surface area contributed by atoms with Crippen molar-refractivity contribution in [3.05, 3.63) is 18.0 Å². The molecule has 0 aromatic carbocycles. The molecule has 0 radical (unpaired) electrons. The first-order chi connectivity index (χ1) is 8.58. The molecule has 6 heteroatoms. The molecule has 0 bridgehead atoms. The number of carbonyl (C=O) groups excluding carboxylic acids is 1. The fourth-order valence-corrected chi connectivity index (χ4v) is 2.31. The van der Waals surface area contributed by atoms with Crippen LogP contribution in [0.3, 0.4) is 0 Å². The molecule has 1 aliphatic heterocycles. The highest BCUT2D eigenvalue weighted by Crippen LogP contribution is 2.30. The summed E-state index contributed by atoms with van der Waals surface area (Å²) in [7, 11) is 3.79.